The maximum absolute atomic E-state index is 13.1. The molecule has 0 saturated carbocycles. The van der Waals surface area contributed by atoms with E-state index in [1.54, 1.807) is 12.1 Å². The van der Waals surface area contributed by atoms with Crippen molar-refractivity contribution in [3.8, 4) is 0 Å². The maximum Gasteiger partial charge on any atom is 0.194 e. The summed E-state index contributed by atoms with van der Waals surface area (Å²) in [5.74, 6) is 0.346. The highest BCUT2D eigenvalue weighted by Gasteiger charge is 2.22. The van der Waals surface area contributed by atoms with E-state index in [-0.39, 0.29) is 11.1 Å². The normalized spacial score (nSPS) is 19.5. The molecule has 0 aliphatic carbocycles. The third kappa shape index (κ3) is 3.84. The fraction of sp³-hybridized carbons (Fsp3) is 0.500. The number of likely N-dealkylation sites (tertiary alicyclic amines) is 1. The number of hydrogen-bond donors (Lipinski definition) is 2. The summed E-state index contributed by atoms with van der Waals surface area (Å²) in [6, 6.07) is 4.61. The minimum Gasteiger partial charge on any atom is -0.391 e. The van der Waals surface area contributed by atoms with Gasteiger partial charge in [0.15, 0.2) is 5.96 Å². The molecular weight excluding hydrogens is 281 g/mol. The zero-order chi connectivity index (χ0) is 14.5. The first-order valence-corrected chi connectivity index (χ1v) is 7.13. The summed E-state index contributed by atoms with van der Waals surface area (Å²) in [6.07, 6.45) is 0.464. The Morgan fingerprint density at radius 3 is 3.00 bits per heavy atom. The lowest BCUT2D eigenvalue weighted by molar-refractivity contribution is 0.188. The lowest BCUT2D eigenvalue weighted by Crippen LogP contribution is -2.40. The van der Waals surface area contributed by atoms with E-state index < -0.39 is 5.82 Å². The van der Waals surface area contributed by atoms with Gasteiger partial charge in [0.25, 0.3) is 0 Å². The van der Waals surface area contributed by atoms with E-state index in [1.807, 2.05) is 11.8 Å². The molecule has 1 fully saturated rings. The van der Waals surface area contributed by atoms with Crippen LogP contribution >= 0.6 is 11.6 Å². The highest BCUT2D eigenvalue weighted by atomic mass is 35.5. The summed E-state index contributed by atoms with van der Waals surface area (Å²) < 4.78 is 13.1. The molecule has 0 radical (unpaired) electrons. The largest absolute Gasteiger partial charge is 0.391 e. The van der Waals surface area contributed by atoms with Crippen molar-refractivity contribution in [2.45, 2.75) is 26.0 Å². The Morgan fingerprint density at radius 2 is 2.40 bits per heavy atom. The number of guanidine groups is 1. The number of halogens is 2. The predicted molar refractivity (Wildman–Crippen MR) is 78.4 cm³/mol. The van der Waals surface area contributed by atoms with Gasteiger partial charge in [0, 0.05) is 19.6 Å². The quantitative estimate of drug-likeness (QED) is 0.663. The molecule has 1 heterocycles. The Hall–Kier alpha value is -1.33. The third-order valence-corrected chi connectivity index (χ3v) is 3.48. The molecule has 1 aromatic carbocycles. The molecule has 110 valence electrons. The number of benzene rings is 1. The molecule has 1 saturated heterocycles. The van der Waals surface area contributed by atoms with Crippen LogP contribution < -0.4 is 5.32 Å². The molecule has 0 amide bonds. The first kappa shape index (κ1) is 15.1. The summed E-state index contributed by atoms with van der Waals surface area (Å²) >= 11 is 5.75. The minimum absolute atomic E-state index is 0.110. The molecule has 1 atom stereocenters. The van der Waals surface area contributed by atoms with Crippen molar-refractivity contribution < 1.29 is 9.50 Å². The Balaban J connectivity index is 2.06. The Labute approximate surface area is 123 Å². The van der Waals surface area contributed by atoms with Crippen LogP contribution in [0.2, 0.25) is 5.02 Å². The monoisotopic (exact) mass is 299 g/mol. The van der Waals surface area contributed by atoms with Crippen molar-refractivity contribution in [2.24, 2.45) is 4.99 Å². The van der Waals surface area contributed by atoms with Crippen LogP contribution in [0.3, 0.4) is 0 Å². The highest BCUT2D eigenvalue weighted by Crippen LogP contribution is 2.17. The predicted octanol–water partition coefficient (Wildman–Crippen LogP) is 2.01. The number of nitrogens with zero attached hydrogens (tertiary/aromatic N) is 2. The molecule has 1 aliphatic rings. The number of rotatable bonds is 3. The Kier molecular flexibility index (Phi) is 5.20. The smallest absolute Gasteiger partial charge is 0.194 e. The van der Waals surface area contributed by atoms with E-state index in [1.165, 1.54) is 6.07 Å². The summed E-state index contributed by atoms with van der Waals surface area (Å²) in [7, 11) is 0. The number of nitrogens with one attached hydrogen (secondary N) is 1. The van der Waals surface area contributed by atoms with Gasteiger partial charge in [-0.15, -0.1) is 0 Å². The molecule has 0 aromatic heterocycles. The van der Waals surface area contributed by atoms with Crippen LogP contribution in [0.4, 0.5) is 4.39 Å². The zero-order valence-corrected chi connectivity index (χ0v) is 12.2. The van der Waals surface area contributed by atoms with Crippen LogP contribution in [0, 0.1) is 5.82 Å². The van der Waals surface area contributed by atoms with Gasteiger partial charge >= 0.3 is 0 Å². The molecule has 6 heteroatoms. The van der Waals surface area contributed by atoms with E-state index in [2.05, 4.69) is 10.3 Å². The van der Waals surface area contributed by atoms with Crippen LogP contribution in [0.25, 0.3) is 0 Å². The van der Waals surface area contributed by atoms with Gasteiger partial charge in [-0.25, -0.2) is 9.38 Å². The van der Waals surface area contributed by atoms with Crippen molar-refractivity contribution in [1.82, 2.24) is 10.2 Å². The average molecular weight is 300 g/mol. The molecule has 20 heavy (non-hydrogen) atoms. The van der Waals surface area contributed by atoms with Crippen LogP contribution in [0.1, 0.15) is 18.9 Å². The van der Waals surface area contributed by atoms with Crippen molar-refractivity contribution in [3.05, 3.63) is 34.6 Å². The summed E-state index contributed by atoms with van der Waals surface area (Å²) in [5.41, 5.74) is 0.853. The van der Waals surface area contributed by atoms with Crippen molar-refractivity contribution in [1.29, 1.82) is 0 Å². The second kappa shape index (κ2) is 6.90. The highest BCUT2D eigenvalue weighted by molar-refractivity contribution is 6.30. The first-order valence-electron chi connectivity index (χ1n) is 6.75. The minimum atomic E-state index is -0.422. The molecule has 0 unspecified atom stereocenters. The van der Waals surface area contributed by atoms with Crippen molar-refractivity contribution in [2.75, 3.05) is 19.6 Å². The van der Waals surface area contributed by atoms with Gasteiger partial charge in [-0.2, -0.15) is 0 Å². The number of aliphatic hydroxyl groups is 1. The second-order valence-electron chi connectivity index (χ2n) is 4.81. The summed E-state index contributed by atoms with van der Waals surface area (Å²) in [4.78, 5) is 6.54. The molecular formula is C14H19ClFN3O. The number of aliphatic imine (C=N–C) groups is 1. The first-order chi connectivity index (χ1) is 9.60. The number of hydrogen-bond acceptors (Lipinski definition) is 2. The fourth-order valence-electron chi connectivity index (χ4n) is 2.16. The standard InChI is InChI=1S/C14H19ClFN3O/c1-2-17-14(19-6-5-11(20)9-19)18-8-10-3-4-13(16)12(15)7-10/h3-4,7,11,20H,2,5-6,8-9H2,1H3,(H,17,18)/t11-/m1/s1. The van der Waals surface area contributed by atoms with Crippen molar-refractivity contribution >= 4 is 17.6 Å². The number of aliphatic hydroxyl groups excluding tert-OH is 1. The van der Waals surface area contributed by atoms with Crippen LogP contribution in [0.5, 0.6) is 0 Å². The number of β-amino-alcohol motifs (C(OH)–C–C–N with tert-alkyl or cyclic N) is 1. The second-order valence-corrected chi connectivity index (χ2v) is 5.21. The van der Waals surface area contributed by atoms with Gasteiger partial charge in [0.2, 0.25) is 0 Å². The Morgan fingerprint density at radius 1 is 1.60 bits per heavy atom. The Bertz CT molecular complexity index is 495. The van der Waals surface area contributed by atoms with E-state index in [9.17, 15) is 9.50 Å². The summed E-state index contributed by atoms with van der Waals surface area (Å²) in [5, 5.41) is 12.9. The van der Waals surface area contributed by atoms with E-state index in [0.717, 1.165) is 31.0 Å². The molecule has 1 aromatic rings. The van der Waals surface area contributed by atoms with E-state index >= 15 is 0 Å². The van der Waals surface area contributed by atoms with Crippen LogP contribution in [-0.4, -0.2) is 41.7 Å². The van der Waals surface area contributed by atoms with Gasteiger partial charge in [0.1, 0.15) is 5.82 Å². The molecule has 1 aliphatic heterocycles. The molecule has 0 bridgehead atoms. The zero-order valence-electron chi connectivity index (χ0n) is 11.4. The van der Waals surface area contributed by atoms with Gasteiger partial charge < -0.3 is 15.3 Å². The maximum atomic E-state index is 13.1. The third-order valence-electron chi connectivity index (χ3n) is 3.19. The van der Waals surface area contributed by atoms with Gasteiger partial charge in [0.05, 0.1) is 17.7 Å². The van der Waals surface area contributed by atoms with E-state index in [0.29, 0.717) is 13.1 Å². The van der Waals surface area contributed by atoms with Crippen LogP contribution in [-0.2, 0) is 6.54 Å². The molecule has 2 rings (SSSR count). The van der Waals surface area contributed by atoms with Gasteiger partial charge in [-0.1, -0.05) is 17.7 Å². The topological polar surface area (TPSA) is 47.9 Å². The SMILES string of the molecule is CCNC(=NCc1ccc(F)c(Cl)c1)N1CC[C@@H](O)C1. The molecule has 4 nitrogen and oxygen atoms in total. The lowest BCUT2D eigenvalue weighted by atomic mass is 10.2. The average Bonchev–Trinajstić information content (AvgIpc) is 2.85. The summed E-state index contributed by atoms with van der Waals surface area (Å²) in [6.45, 7) is 4.56. The molecule has 0 spiro atoms. The van der Waals surface area contributed by atoms with Gasteiger partial charge in [-0.3, -0.25) is 0 Å². The van der Waals surface area contributed by atoms with Crippen LogP contribution in [0.15, 0.2) is 23.2 Å². The fourth-order valence-corrected chi connectivity index (χ4v) is 2.37. The van der Waals surface area contributed by atoms with Gasteiger partial charge in [-0.05, 0) is 31.0 Å². The van der Waals surface area contributed by atoms with E-state index in [4.69, 9.17) is 11.6 Å². The lowest BCUT2D eigenvalue weighted by Gasteiger charge is -2.20. The molecule has 2 N–H and O–H groups in total. The van der Waals surface area contributed by atoms with Crippen molar-refractivity contribution in [3.63, 3.8) is 0 Å².